The fraction of sp³-hybridized carbons (Fsp3) is 0.900. The van der Waals surface area contributed by atoms with Gasteiger partial charge < -0.3 is 9.22 Å². The van der Waals surface area contributed by atoms with E-state index in [9.17, 15) is 4.79 Å². The molecule has 0 spiro atoms. The quantitative estimate of drug-likeness (QED) is 0.369. The third-order valence-corrected chi connectivity index (χ3v) is 1.69. The van der Waals surface area contributed by atoms with Gasteiger partial charge in [-0.3, -0.25) is 4.79 Å². The van der Waals surface area contributed by atoms with Crippen molar-refractivity contribution in [3.63, 3.8) is 0 Å². The molecule has 78 valence electrons. The molecule has 0 fully saturated rings. The highest BCUT2D eigenvalue weighted by Gasteiger charge is 2.10. The summed E-state index contributed by atoms with van der Waals surface area (Å²) in [6.45, 7) is 5.28. The molecular weight excluding hydrogens is 166 g/mol. The van der Waals surface area contributed by atoms with Crippen LogP contribution < -0.4 is 0 Å². The van der Waals surface area contributed by atoms with Crippen LogP contribution in [0.3, 0.4) is 0 Å². The minimum absolute atomic E-state index is 0.0101. The zero-order valence-corrected chi connectivity index (χ0v) is 9.46. The SMILES string of the molecule is CC(C)C(=O)OCCC[N+](C)(C)C. The van der Waals surface area contributed by atoms with Crippen LogP contribution in [0.15, 0.2) is 0 Å². The van der Waals surface area contributed by atoms with Crippen molar-refractivity contribution in [1.29, 1.82) is 0 Å². The molecule has 0 rings (SSSR count). The summed E-state index contributed by atoms with van der Waals surface area (Å²) in [6.07, 6.45) is 0.932. The predicted octanol–water partition coefficient (Wildman–Crippen LogP) is 1.28. The van der Waals surface area contributed by atoms with Crippen LogP contribution in [-0.4, -0.2) is 44.7 Å². The number of carbonyl (C=O) groups excluding carboxylic acids is 1. The van der Waals surface area contributed by atoms with Crippen molar-refractivity contribution < 1.29 is 14.0 Å². The summed E-state index contributed by atoms with van der Waals surface area (Å²) in [5.74, 6) is -0.106. The number of nitrogens with zero attached hydrogens (tertiary/aromatic N) is 1. The summed E-state index contributed by atoms with van der Waals surface area (Å²) in [4.78, 5) is 11.0. The van der Waals surface area contributed by atoms with Crippen molar-refractivity contribution in [2.45, 2.75) is 20.3 Å². The number of rotatable bonds is 5. The number of ether oxygens (including phenoxy) is 1. The Labute approximate surface area is 81.3 Å². The molecule has 0 aromatic carbocycles. The van der Waals surface area contributed by atoms with Gasteiger partial charge in [-0.1, -0.05) is 13.8 Å². The Morgan fingerprint density at radius 2 is 1.85 bits per heavy atom. The molecule has 0 N–H and O–H groups in total. The molecule has 0 atom stereocenters. The van der Waals surface area contributed by atoms with E-state index in [0.29, 0.717) is 6.61 Å². The second-order valence-corrected chi connectivity index (χ2v) is 4.69. The summed E-state index contributed by atoms with van der Waals surface area (Å²) in [6, 6.07) is 0. The highest BCUT2D eigenvalue weighted by molar-refractivity contribution is 5.71. The minimum Gasteiger partial charge on any atom is -0.465 e. The first-order chi connectivity index (χ1) is 5.83. The lowest BCUT2D eigenvalue weighted by molar-refractivity contribution is -0.870. The van der Waals surface area contributed by atoms with Crippen LogP contribution in [0, 0.1) is 5.92 Å². The Morgan fingerprint density at radius 1 is 1.31 bits per heavy atom. The first-order valence-electron chi connectivity index (χ1n) is 4.80. The standard InChI is InChI=1S/C10H22NO2/c1-9(2)10(12)13-8-6-7-11(3,4)5/h9H,6-8H2,1-5H3/q+1. The number of hydrogen-bond donors (Lipinski definition) is 0. The van der Waals surface area contributed by atoms with Gasteiger partial charge in [-0.25, -0.2) is 0 Å². The molecule has 0 aliphatic heterocycles. The summed E-state index contributed by atoms with van der Waals surface area (Å²) >= 11 is 0. The zero-order chi connectivity index (χ0) is 10.5. The maximum absolute atomic E-state index is 11.0. The molecule has 0 heterocycles. The minimum atomic E-state index is -0.0959. The van der Waals surface area contributed by atoms with Crippen LogP contribution in [-0.2, 0) is 9.53 Å². The van der Waals surface area contributed by atoms with Crippen molar-refractivity contribution in [1.82, 2.24) is 0 Å². The monoisotopic (exact) mass is 188 g/mol. The number of esters is 1. The molecule has 0 saturated carbocycles. The molecule has 0 radical (unpaired) electrons. The Bertz CT molecular complexity index is 159. The number of quaternary nitrogens is 1. The van der Waals surface area contributed by atoms with E-state index in [0.717, 1.165) is 17.4 Å². The number of hydrogen-bond acceptors (Lipinski definition) is 2. The van der Waals surface area contributed by atoms with Gasteiger partial charge in [0.15, 0.2) is 0 Å². The molecule has 0 aliphatic rings. The second-order valence-electron chi connectivity index (χ2n) is 4.69. The normalized spacial score (nSPS) is 11.8. The molecule has 0 bridgehead atoms. The summed E-state index contributed by atoms with van der Waals surface area (Å²) in [7, 11) is 6.39. The molecule has 0 aliphatic carbocycles. The third kappa shape index (κ3) is 7.78. The molecule has 0 amide bonds. The molecule has 0 unspecified atom stereocenters. The van der Waals surface area contributed by atoms with Gasteiger partial charge in [0.25, 0.3) is 0 Å². The molecule has 13 heavy (non-hydrogen) atoms. The topological polar surface area (TPSA) is 26.3 Å². The van der Waals surface area contributed by atoms with E-state index in [2.05, 4.69) is 21.1 Å². The van der Waals surface area contributed by atoms with Crippen LogP contribution >= 0.6 is 0 Å². The summed E-state index contributed by atoms with van der Waals surface area (Å²) in [5.41, 5.74) is 0. The average molecular weight is 188 g/mol. The fourth-order valence-electron chi connectivity index (χ4n) is 0.878. The highest BCUT2D eigenvalue weighted by atomic mass is 16.5. The van der Waals surface area contributed by atoms with E-state index >= 15 is 0 Å². The van der Waals surface area contributed by atoms with Gasteiger partial charge in [0.2, 0.25) is 0 Å². The average Bonchev–Trinajstić information content (AvgIpc) is 1.95. The van der Waals surface area contributed by atoms with Crippen molar-refractivity contribution in [3.05, 3.63) is 0 Å². The van der Waals surface area contributed by atoms with E-state index < -0.39 is 0 Å². The van der Waals surface area contributed by atoms with Crippen LogP contribution in [0.5, 0.6) is 0 Å². The highest BCUT2D eigenvalue weighted by Crippen LogP contribution is 1.98. The van der Waals surface area contributed by atoms with E-state index in [1.54, 1.807) is 0 Å². The first-order valence-corrected chi connectivity index (χ1v) is 4.80. The zero-order valence-electron chi connectivity index (χ0n) is 9.46. The van der Waals surface area contributed by atoms with Gasteiger partial charge in [0.1, 0.15) is 0 Å². The molecule has 0 aromatic heterocycles. The van der Waals surface area contributed by atoms with Crippen molar-refractivity contribution in [3.8, 4) is 0 Å². The summed E-state index contributed by atoms with van der Waals surface area (Å²) < 4.78 is 5.97. The van der Waals surface area contributed by atoms with E-state index in [-0.39, 0.29) is 11.9 Å². The van der Waals surface area contributed by atoms with Gasteiger partial charge >= 0.3 is 5.97 Å². The molecular formula is C10H22NO2+. The van der Waals surface area contributed by atoms with Gasteiger partial charge in [-0.15, -0.1) is 0 Å². The lowest BCUT2D eigenvalue weighted by Gasteiger charge is -2.23. The van der Waals surface area contributed by atoms with E-state index in [4.69, 9.17) is 4.74 Å². The van der Waals surface area contributed by atoms with Gasteiger partial charge in [0, 0.05) is 6.42 Å². The largest absolute Gasteiger partial charge is 0.465 e. The third-order valence-electron chi connectivity index (χ3n) is 1.69. The van der Waals surface area contributed by atoms with Gasteiger partial charge in [0.05, 0.1) is 40.2 Å². The van der Waals surface area contributed by atoms with Crippen LogP contribution in [0.25, 0.3) is 0 Å². The maximum Gasteiger partial charge on any atom is 0.308 e. The van der Waals surface area contributed by atoms with E-state index in [1.165, 1.54) is 0 Å². The Balaban J connectivity index is 3.42. The Kier molecular flexibility index (Phi) is 4.99. The van der Waals surface area contributed by atoms with E-state index in [1.807, 2.05) is 13.8 Å². The lowest BCUT2D eigenvalue weighted by Crippen LogP contribution is -2.36. The molecule has 3 nitrogen and oxygen atoms in total. The summed E-state index contributed by atoms with van der Waals surface area (Å²) in [5, 5.41) is 0. The van der Waals surface area contributed by atoms with Crippen LogP contribution in [0.1, 0.15) is 20.3 Å². The second kappa shape index (κ2) is 5.22. The van der Waals surface area contributed by atoms with Crippen LogP contribution in [0.2, 0.25) is 0 Å². The maximum atomic E-state index is 11.0. The molecule has 0 aromatic rings. The smallest absolute Gasteiger partial charge is 0.308 e. The lowest BCUT2D eigenvalue weighted by atomic mass is 10.2. The van der Waals surface area contributed by atoms with Crippen LogP contribution in [0.4, 0.5) is 0 Å². The number of carbonyl (C=O) groups is 1. The molecule has 3 heteroatoms. The van der Waals surface area contributed by atoms with Gasteiger partial charge in [-0.2, -0.15) is 0 Å². The first kappa shape index (κ1) is 12.4. The van der Waals surface area contributed by atoms with Gasteiger partial charge in [-0.05, 0) is 0 Å². The van der Waals surface area contributed by atoms with Crippen molar-refractivity contribution in [2.75, 3.05) is 34.3 Å². The Hall–Kier alpha value is -0.570. The molecule has 0 saturated heterocycles. The fourth-order valence-corrected chi connectivity index (χ4v) is 0.878. The predicted molar refractivity (Wildman–Crippen MR) is 53.3 cm³/mol. The Morgan fingerprint density at radius 3 is 2.23 bits per heavy atom. The van der Waals surface area contributed by atoms with Crippen molar-refractivity contribution in [2.24, 2.45) is 5.92 Å². The van der Waals surface area contributed by atoms with Crippen molar-refractivity contribution >= 4 is 5.97 Å².